The summed E-state index contributed by atoms with van der Waals surface area (Å²) in [5.74, 6) is -0.446. The Balaban J connectivity index is 2.59. The molecule has 0 aliphatic rings. The first-order chi connectivity index (χ1) is 7.18. The Labute approximate surface area is 92.3 Å². The van der Waals surface area contributed by atoms with Crippen LogP contribution in [0.3, 0.4) is 0 Å². The number of hydrogen-bond donors (Lipinski definition) is 1. The Morgan fingerprint density at radius 3 is 2.40 bits per heavy atom. The SMILES string of the molecule is Nc1cc(Cl)c(-c2ccccc2)cc1F. The lowest BCUT2D eigenvalue weighted by Gasteiger charge is -2.06. The van der Waals surface area contributed by atoms with Gasteiger partial charge in [0.25, 0.3) is 0 Å². The molecule has 0 aromatic heterocycles. The Morgan fingerprint density at radius 1 is 1.07 bits per heavy atom. The molecule has 0 saturated heterocycles. The van der Waals surface area contributed by atoms with Crippen molar-refractivity contribution < 1.29 is 4.39 Å². The van der Waals surface area contributed by atoms with Crippen molar-refractivity contribution in [1.29, 1.82) is 0 Å². The number of halogens is 2. The topological polar surface area (TPSA) is 26.0 Å². The summed E-state index contributed by atoms with van der Waals surface area (Å²) in [6, 6.07) is 12.2. The van der Waals surface area contributed by atoms with E-state index in [1.54, 1.807) is 0 Å². The van der Waals surface area contributed by atoms with E-state index in [1.807, 2.05) is 30.3 Å². The highest BCUT2D eigenvalue weighted by atomic mass is 35.5. The highest BCUT2D eigenvalue weighted by molar-refractivity contribution is 6.33. The van der Waals surface area contributed by atoms with Crippen LogP contribution in [0.5, 0.6) is 0 Å². The second-order valence-corrected chi connectivity index (χ2v) is 3.63. The summed E-state index contributed by atoms with van der Waals surface area (Å²) < 4.78 is 13.3. The van der Waals surface area contributed by atoms with E-state index in [0.717, 1.165) is 5.56 Å². The molecule has 1 nitrogen and oxygen atoms in total. The van der Waals surface area contributed by atoms with Gasteiger partial charge in [0.2, 0.25) is 0 Å². The molecular formula is C12H9ClFN. The molecule has 0 atom stereocenters. The van der Waals surface area contributed by atoms with Crippen LogP contribution in [0, 0.1) is 5.82 Å². The van der Waals surface area contributed by atoms with Crippen molar-refractivity contribution in [2.75, 3.05) is 5.73 Å². The Kier molecular flexibility index (Phi) is 2.60. The number of hydrogen-bond acceptors (Lipinski definition) is 1. The van der Waals surface area contributed by atoms with Crippen molar-refractivity contribution in [1.82, 2.24) is 0 Å². The van der Waals surface area contributed by atoms with Crippen molar-refractivity contribution in [3.63, 3.8) is 0 Å². The van der Waals surface area contributed by atoms with E-state index >= 15 is 0 Å². The lowest BCUT2D eigenvalue weighted by molar-refractivity contribution is 0.633. The highest BCUT2D eigenvalue weighted by Crippen LogP contribution is 2.30. The van der Waals surface area contributed by atoms with Crippen molar-refractivity contribution in [3.8, 4) is 11.1 Å². The van der Waals surface area contributed by atoms with Gasteiger partial charge in [0.1, 0.15) is 5.82 Å². The molecule has 0 unspecified atom stereocenters. The second kappa shape index (κ2) is 3.91. The van der Waals surface area contributed by atoms with Crippen molar-refractivity contribution in [2.45, 2.75) is 0 Å². The lowest BCUT2D eigenvalue weighted by Crippen LogP contribution is -1.91. The molecule has 76 valence electrons. The molecular weight excluding hydrogens is 213 g/mol. The number of benzene rings is 2. The van der Waals surface area contributed by atoms with Crippen LogP contribution in [-0.2, 0) is 0 Å². The van der Waals surface area contributed by atoms with E-state index in [0.29, 0.717) is 10.6 Å². The van der Waals surface area contributed by atoms with E-state index < -0.39 is 5.82 Å². The van der Waals surface area contributed by atoms with Gasteiger partial charge in [-0.25, -0.2) is 4.39 Å². The monoisotopic (exact) mass is 221 g/mol. The van der Waals surface area contributed by atoms with Gasteiger partial charge in [0, 0.05) is 5.56 Å². The van der Waals surface area contributed by atoms with Crippen LogP contribution in [0.1, 0.15) is 0 Å². The summed E-state index contributed by atoms with van der Waals surface area (Å²) in [5.41, 5.74) is 7.01. The smallest absolute Gasteiger partial charge is 0.146 e. The molecule has 2 aromatic carbocycles. The first-order valence-electron chi connectivity index (χ1n) is 4.48. The van der Waals surface area contributed by atoms with E-state index in [1.165, 1.54) is 12.1 Å². The maximum Gasteiger partial charge on any atom is 0.146 e. The third-order valence-corrected chi connectivity index (χ3v) is 2.48. The quantitative estimate of drug-likeness (QED) is 0.730. The predicted octanol–water partition coefficient (Wildman–Crippen LogP) is 3.73. The second-order valence-electron chi connectivity index (χ2n) is 3.22. The number of nitrogens with two attached hydrogens (primary N) is 1. The fraction of sp³-hybridized carbons (Fsp3) is 0. The molecule has 2 N–H and O–H groups in total. The molecule has 0 spiro atoms. The molecule has 0 aliphatic heterocycles. The van der Waals surface area contributed by atoms with Crippen LogP contribution in [0.2, 0.25) is 5.02 Å². The molecule has 2 aromatic rings. The van der Waals surface area contributed by atoms with Gasteiger partial charge in [-0.05, 0) is 17.7 Å². The summed E-state index contributed by atoms with van der Waals surface area (Å²) in [6.45, 7) is 0. The van der Waals surface area contributed by atoms with Crippen LogP contribution < -0.4 is 5.73 Å². The van der Waals surface area contributed by atoms with Gasteiger partial charge in [-0.15, -0.1) is 0 Å². The van der Waals surface area contributed by atoms with Gasteiger partial charge in [0.05, 0.1) is 10.7 Å². The van der Waals surface area contributed by atoms with E-state index in [9.17, 15) is 4.39 Å². The van der Waals surface area contributed by atoms with E-state index in [2.05, 4.69) is 0 Å². The standard InChI is InChI=1S/C12H9ClFN/c13-10-7-12(15)11(14)6-9(10)8-4-2-1-3-5-8/h1-7H,15H2. The molecule has 0 amide bonds. The van der Waals surface area contributed by atoms with Crippen LogP contribution in [0.25, 0.3) is 11.1 Å². The van der Waals surface area contributed by atoms with Gasteiger partial charge in [-0.3, -0.25) is 0 Å². The zero-order valence-electron chi connectivity index (χ0n) is 7.87. The molecule has 0 aliphatic carbocycles. The number of anilines is 1. The zero-order chi connectivity index (χ0) is 10.8. The zero-order valence-corrected chi connectivity index (χ0v) is 8.63. The molecule has 0 radical (unpaired) electrons. The minimum Gasteiger partial charge on any atom is -0.396 e. The van der Waals surface area contributed by atoms with Crippen LogP contribution in [-0.4, -0.2) is 0 Å². The van der Waals surface area contributed by atoms with Crippen molar-refractivity contribution in [2.24, 2.45) is 0 Å². The maximum absolute atomic E-state index is 13.3. The average molecular weight is 222 g/mol. The Morgan fingerprint density at radius 2 is 1.73 bits per heavy atom. The molecule has 2 rings (SSSR count). The molecule has 0 saturated carbocycles. The largest absolute Gasteiger partial charge is 0.396 e. The summed E-state index contributed by atoms with van der Waals surface area (Å²) in [5, 5.41) is 0.458. The Hall–Kier alpha value is -1.54. The minimum atomic E-state index is -0.446. The molecule has 0 heterocycles. The van der Waals surface area contributed by atoms with Gasteiger partial charge < -0.3 is 5.73 Å². The minimum absolute atomic E-state index is 0.0691. The van der Waals surface area contributed by atoms with Crippen molar-refractivity contribution >= 4 is 17.3 Å². The summed E-state index contributed by atoms with van der Waals surface area (Å²) in [7, 11) is 0. The van der Waals surface area contributed by atoms with Crippen LogP contribution in [0.15, 0.2) is 42.5 Å². The van der Waals surface area contributed by atoms with Gasteiger partial charge in [0.15, 0.2) is 0 Å². The predicted molar refractivity (Wildman–Crippen MR) is 61.3 cm³/mol. The average Bonchev–Trinajstić information content (AvgIpc) is 2.25. The molecule has 0 bridgehead atoms. The summed E-state index contributed by atoms with van der Waals surface area (Å²) >= 11 is 5.99. The van der Waals surface area contributed by atoms with E-state index in [4.69, 9.17) is 17.3 Å². The highest BCUT2D eigenvalue weighted by Gasteiger charge is 2.07. The third kappa shape index (κ3) is 1.95. The maximum atomic E-state index is 13.3. The first kappa shape index (κ1) is 9.99. The molecule has 3 heteroatoms. The number of rotatable bonds is 1. The Bertz CT molecular complexity index is 482. The van der Waals surface area contributed by atoms with Gasteiger partial charge in [-0.1, -0.05) is 41.9 Å². The van der Waals surface area contributed by atoms with Gasteiger partial charge >= 0.3 is 0 Å². The number of nitrogen functional groups attached to an aromatic ring is 1. The molecule has 15 heavy (non-hydrogen) atoms. The van der Waals surface area contributed by atoms with Crippen LogP contribution >= 0.6 is 11.6 Å². The van der Waals surface area contributed by atoms with E-state index in [-0.39, 0.29) is 5.69 Å². The van der Waals surface area contributed by atoms with Crippen molar-refractivity contribution in [3.05, 3.63) is 53.3 Å². The normalized spacial score (nSPS) is 10.3. The van der Waals surface area contributed by atoms with Gasteiger partial charge in [-0.2, -0.15) is 0 Å². The third-order valence-electron chi connectivity index (χ3n) is 2.17. The molecule has 0 fully saturated rings. The van der Waals surface area contributed by atoms with Crippen LogP contribution in [0.4, 0.5) is 10.1 Å². The fourth-order valence-corrected chi connectivity index (χ4v) is 1.68. The lowest BCUT2D eigenvalue weighted by atomic mass is 10.1. The summed E-state index contributed by atoms with van der Waals surface area (Å²) in [6.07, 6.45) is 0. The first-order valence-corrected chi connectivity index (χ1v) is 4.86. The fourth-order valence-electron chi connectivity index (χ4n) is 1.40. The summed E-state index contributed by atoms with van der Waals surface area (Å²) in [4.78, 5) is 0.